The SMILES string of the molecule is CCCC(CC)N1CCC(C)C1C(=O)O. The van der Waals surface area contributed by atoms with Crippen LogP contribution in [-0.2, 0) is 4.79 Å². The predicted octanol–water partition coefficient (Wildman–Crippen LogP) is 2.36. The van der Waals surface area contributed by atoms with E-state index in [0.29, 0.717) is 12.0 Å². The molecule has 1 heterocycles. The highest BCUT2D eigenvalue weighted by molar-refractivity contribution is 5.74. The van der Waals surface area contributed by atoms with E-state index in [2.05, 4.69) is 25.7 Å². The maximum atomic E-state index is 11.2. The molecule has 0 aliphatic carbocycles. The molecule has 1 saturated heterocycles. The number of hydrogen-bond donors (Lipinski definition) is 1. The molecule has 1 aliphatic rings. The number of nitrogens with zero attached hydrogens (tertiary/aromatic N) is 1. The molecule has 3 heteroatoms. The summed E-state index contributed by atoms with van der Waals surface area (Å²) in [6.45, 7) is 7.33. The molecule has 3 nitrogen and oxygen atoms in total. The molecule has 3 unspecified atom stereocenters. The summed E-state index contributed by atoms with van der Waals surface area (Å²) in [4.78, 5) is 13.4. The van der Waals surface area contributed by atoms with Crippen LogP contribution in [0.15, 0.2) is 0 Å². The van der Waals surface area contributed by atoms with Gasteiger partial charge in [-0.25, -0.2) is 0 Å². The standard InChI is InChI=1S/C12H23NO2/c1-4-6-10(5-2)13-8-7-9(3)11(13)12(14)15/h9-11H,4-8H2,1-3H3,(H,14,15). The molecule has 0 aromatic carbocycles. The van der Waals surface area contributed by atoms with E-state index in [9.17, 15) is 9.90 Å². The molecule has 0 aromatic rings. The number of carboxylic acids is 1. The van der Waals surface area contributed by atoms with Crippen LogP contribution in [0.25, 0.3) is 0 Å². The van der Waals surface area contributed by atoms with Crippen molar-refractivity contribution in [2.45, 2.75) is 58.5 Å². The maximum Gasteiger partial charge on any atom is 0.321 e. The number of carbonyl (C=O) groups is 1. The Morgan fingerprint density at radius 2 is 2.20 bits per heavy atom. The third-order valence-electron chi connectivity index (χ3n) is 3.55. The van der Waals surface area contributed by atoms with Crippen molar-refractivity contribution >= 4 is 5.97 Å². The zero-order valence-corrected chi connectivity index (χ0v) is 10.1. The molecule has 0 radical (unpaired) electrons. The maximum absolute atomic E-state index is 11.2. The van der Waals surface area contributed by atoms with Gasteiger partial charge in [0, 0.05) is 6.04 Å². The molecular formula is C12H23NO2. The van der Waals surface area contributed by atoms with Crippen LogP contribution < -0.4 is 0 Å². The van der Waals surface area contributed by atoms with Crippen LogP contribution in [0.5, 0.6) is 0 Å². The molecule has 1 N–H and O–H groups in total. The first kappa shape index (κ1) is 12.5. The average molecular weight is 213 g/mol. The van der Waals surface area contributed by atoms with Crippen molar-refractivity contribution in [2.75, 3.05) is 6.54 Å². The minimum atomic E-state index is -0.644. The zero-order valence-electron chi connectivity index (χ0n) is 10.1. The molecule has 0 saturated carbocycles. The lowest BCUT2D eigenvalue weighted by Gasteiger charge is -2.31. The summed E-state index contributed by atoms with van der Waals surface area (Å²) >= 11 is 0. The Balaban J connectivity index is 2.70. The third-order valence-corrected chi connectivity index (χ3v) is 3.55. The highest BCUT2D eigenvalue weighted by Crippen LogP contribution is 2.28. The molecule has 3 atom stereocenters. The van der Waals surface area contributed by atoms with Crippen molar-refractivity contribution < 1.29 is 9.90 Å². The van der Waals surface area contributed by atoms with Gasteiger partial charge in [-0.15, -0.1) is 0 Å². The Hall–Kier alpha value is -0.570. The first-order valence-electron chi connectivity index (χ1n) is 6.10. The highest BCUT2D eigenvalue weighted by Gasteiger charge is 2.39. The van der Waals surface area contributed by atoms with Crippen molar-refractivity contribution in [1.29, 1.82) is 0 Å². The molecule has 1 rings (SSSR count). The van der Waals surface area contributed by atoms with Gasteiger partial charge in [0.1, 0.15) is 6.04 Å². The topological polar surface area (TPSA) is 40.5 Å². The Bertz CT molecular complexity index is 218. The van der Waals surface area contributed by atoms with E-state index < -0.39 is 5.97 Å². The smallest absolute Gasteiger partial charge is 0.321 e. The summed E-state index contributed by atoms with van der Waals surface area (Å²) in [5.74, 6) is -0.344. The monoisotopic (exact) mass is 213 g/mol. The van der Waals surface area contributed by atoms with Crippen molar-refractivity contribution in [1.82, 2.24) is 4.90 Å². The molecule has 88 valence electrons. The van der Waals surface area contributed by atoms with Gasteiger partial charge in [-0.3, -0.25) is 9.69 Å². The van der Waals surface area contributed by atoms with E-state index in [0.717, 1.165) is 32.2 Å². The van der Waals surface area contributed by atoms with Crippen LogP contribution in [0, 0.1) is 5.92 Å². The van der Waals surface area contributed by atoms with Crippen LogP contribution in [0.2, 0.25) is 0 Å². The Morgan fingerprint density at radius 3 is 2.67 bits per heavy atom. The number of aliphatic carboxylic acids is 1. The summed E-state index contributed by atoms with van der Waals surface area (Å²) in [6.07, 6.45) is 4.34. The molecular weight excluding hydrogens is 190 g/mol. The highest BCUT2D eigenvalue weighted by atomic mass is 16.4. The fourth-order valence-corrected chi connectivity index (χ4v) is 2.71. The molecule has 1 fully saturated rings. The van der Waals surface area contributed by atoms with E-state index >= 15 is 0 Å². The van der Waals surface area contributed by atoms with Gasteiger partial charge in [0.25, 0.3) is 0 Å². The number of likely N-dealkylation sites (tertiary alicyclic amines) is 1. The molecule has 0 spiro atoms. The first-order valence-corrected chi connectivity index (χ1v) is 6.10. The Kier molecular flexibility index (Phi) is 4.58. The summed E-state index contributed by atoms with van der Waals surface area (Å²) in [5, 5.41) is 9.23. The normalized spacial score (nSPS) is 29.3. The third kappa shape index (κ3) is 2.71. The van der Waals surface area contributed by atoms with E-state index in [1.54, 1.807) is 0 Å². The van der Waals surface area contributed by atoms with Crippen molar-refractivity contribution in [3.05, 3.63) is 0 Å². The molecule has 0 aromatic heterocycles. The van der Waals surface area contributed by atoms with Gasteiger partial charge < -0.3 is 5.11 Å². The minimum absolute atomic E-state index is 0.249. The van der Waals surface area contributed by atoms with E-state index in [-0.39, 0.29) is 6.04 Å². The average Bonchev–Trinajstić information content (AvgIpc) is 2.56. The fourth-order valence-electron chi connectivity index (χ4n) is 2.71. The van der Waals surface area contributed by atoms with Crippen molar-refractivity contribution in [3.8, 4) is 0 Å². The van der Waals surface area contributed by atoms with Gasteiger partial charge in [0.2, 0.25) is 0 Å². The lowest BCUT2D eigenvalue weighted by molar-refractivity contribution is -0.144. The lowest BCUT2D eigenvalue weighted by Crippen LogP contribution is -2.44. The molecule has 15 heavy (non-hydrogen) atoms. The summed E-state index contributed by atoms with van der Waals surface area (Å²) in [5.41, 5.74) is 0. The molecule has 0 bridgehead atoms. The first-order chi connectivity index (χ1) is 7.11. The molecule has 0 amide bonds. The quantitative estimate of drug-likeness (QED) is 0.762. The second-order valence-electron chi connectivity index (χ2n) is 4.64. The fraction of sp³-hybridized carbons (Fsp3) is 0.917. The van der Waals surface area contributed by atoms with Crippen LogP contribution in [0.3, 0.4) is 0 Å². The van der Waals surface area contributed by atoms with Gasteiger partial charge in [-0.05, 0) is 31.7 Å². The van der Waals surface area contributed by atoms with Crippen LogP contribution in [-0.4, -0.2) is 34.6 Å². The van der Waals surface area contributed by atoms with Crippen LogP contribution in [0.4, 0.5) is 0 Å². The van der Waals surface area contributed by atoms with Gasteiger partial charge in [0.15, 0.2) is 0 Å². The molecule has 1 aliphatic heterocycles. The minimum Gasteiger partial charge on any atom is -0.480 e. The van der Waals surface area contributed by atoms with Crippen LogP contribution in [0.1, 0.15) is 46.5 Å². The van der Waals surface area contributed by atoms with Crippen molar-refractivity contribution in [3.63, 3.8) is 0 Å². The Labute approximate surface area is 92.5 Å². The summed E-state index contributed by atoms with van der Waals surface area (Å²) in [6, 6.07) is 0.211. The number of carboxylic acid groups (broad SMARTS) is 1. The van der Waals surface area contributed by atoms with Crippen molar-refractivity contribution in [2.24, 2.45) is 5.92 Å². The largest absolute Gasteiger partial charge is 0.480 e. The summed E-state index contributed by atoms with van der Waals surface area (Å²) in [7, 11) is 0. The van der Waals surface area contributed by atoms with E-state index in [1.807, 2.05) is 0 Å². The zero-order chi connectivity index (χ0) is 11.4. The van der Waals surface area contributed by atoms with Crippen LogP contribution >= 0.6 is 0 Å². The number of hydrogen-bond acceptors (Lipinski definition) is 2. The van der Waals surface area contributed by atoms with E-state index in [4.69, 9.17) is 0 Å². The Morgan fingerprint density at radius 1 is 1.53 bits per heavy atom. The lowest BCUT2D eigenvalue weighted by atomic mass is 10.0. The predicted molar refractivity (Wildman–Crippen MR) is 60.9 cm³/mol. The number of rotatable bonds is 5. The summed E-state index contributed by atoms with van der Waals surface area (Å²) < 4.78 is 0. The van der Waals surface area contributed by atoms with E-state index in [1.165, 1.54) is 0 Å². The van der Waals surface area contributed by atoms with Gasteiger partial charge >= 0.3 is 5.97 Å². The second-order valence-corrected chi connectivity index (χ2v) is 4.64. The second kappa shape index (κ2) is 5.50. The van der Waals surface area contributed by atoms with Gasteiger partial charge in [-0.1, -0.05) is 27.2 Å². The van der Waals surface area contributed by atoms with Gasteiger partial charge in [0.05, 0.1) is 0 Å². The van der Waals surface area contributed by atoms with Gasteiger partial charge in [-0.2, -0.15) is 0 Å².